The molecule has 12 heavy (non-hydrogen) atoms. The van der Waals surface area contributed by atoms with Crippen LogP contribution in [0.25, 0.3) is 0 Å². The van der Waals surface area contributed by atoms with E-state index in [0.29, 0.717) is 0 Å². The summed E-state index contributed by atoms with van der Waals surface area (Å²) in [6.07, 6.45) is 5.89. The lowest BCUT2D eigenvalue weighted by molar-refractivity contribution is 0.308. The Morgan fingerprint density at radius 2 is 1.25 bits per heavy atom. The zero-order valence-electron chi connectivity index (χ0n) is 9.19. The Hall–Kier alpha value is -0.0400. The highest BCUT2D eigenvalue weighted by Gasteiger charge is 2.13. The molecule has 1 fully saturated rings. The third-order valence-electron chi connectivity index (χ3n) is 2.66. The van der Waals surface area contributed by atoms with Gasteiger partial charge in [-0.1, -0.05) is 46.5 Å². The van der Waals surface area contributed by atoms with E-state index in [0.717, 1.165) is 18.4 Å². The molecule has 74 valence electrons. The maximum atomic E-state index is 2.93. The van der Waals surface area contributed by atoms with Crippen LogP contribution >= 0.6 is 0 Å². The number of nitrogens with one attached hydrogen (secondary N) is 1. The smallest absolute Gasteiger partial charge is 0.00804 e. The van der Waals surface area contributed by atoms with E-state index in [2.05, 4.69) is 26.1 Å². The second-order valence-corrected chi connectivity index (χ2v) is 4.07. The predicted molar refractivity (Wildman–Crippen MR) is 56.4 cm³/mol. The Morgan fingerprint density at radius 1 is 1.00 bits per heavy atom. The van der Waals surface area contributed by atoms with Crippen molar-refractivity contribution >= 4 is 0 Å². The van der Waals surface area contributed by atoms with Crippen LogP contribution in [0.5, 0.6) is 0 Å². The predicted octanol–water partition coefficient (Wildman–Crippen LogP) is 3.06. The second kappa shape index (κ2) is 7.60. The van der Waals surface area contributed by atoms with Gasteiger partial charge in [-0.05, 0) is 25.4 Å². The molecule has 0 spiro atoms. The molecule has 0 unspecified atom stereocenters. The summed E-state index contributed by atoms with van der Waals surface area (Å²) < 4.78 is 0. The average molecular weight is 171 g/mol. The van der Waals surface area contributed by atoms with Crippen molar-refractivity contribution in [3.63, 3.8) is 0 Å². The lowest BCUT2D eigenvalue weighted by atomic mass is 9.84. The van der Waals surface area contributed by atoms with Crippen molar-refractivity contribution in [1.82, 2.24) is 5.32 Å². The van der Waals surface area contributed by atoms with Gasteiger partial charge in [0.1, 0.15) is 0 Å². The fraction of sp³-hybridized carbons (Fsp3) is 1.00. The topological polar surface area (TPSA) is 12.0 Å². The Bertz CT molecular complexity index is 71.0. The molecule has 0 aromatic heterocycles. The van der Waals surface area contributed by atoms with Crippen LogP contribution in [-0.4, -0.2) is 13.6 Å². The lowest BCUT2D eigenvalue weighted by Gasteiger charge is -2.22. The van der Waals surface area contributed by atoms with Crippen molar-refractivity contribution in [3.8, 4) is 0 Å². The van der Waals surface area contributed by atoms with Crippen LogP contribution in [0.4, 0.5) is 0 Å². The Morgan fingerprint density at radius 3 is 1.42 bits per heavy atom. The SMILES string of the molecule is CC1CCC(C)CC1.CCNC. The van der Waals surface area contributed by atoms with Gasteiger partial charge in [-0.2, -0.15) is 0 Å². The number of rotatable bonds is 1. The summed E-state index contributed by atoms with van der Waals surface area (Å²) in [6.45, 7) is 7.87. The molecule has 1 saturated carbocycles. The van der Waals surface area contributed by atoms with Crippen LogP contribution in [-0.2, 0) is 0 Å². The van der Waals surface area contributed by atoms with Crippen molar-refractivity contribution in [3.05, 3.63) is 0 Å². The molecule has 1 rings (SSSR count). The first-order chi connectivity index (χ1) is 5.70. The third-order valence-corrected chi connectivity index (χ3v) is 2.66. The van der Waals surface area contributed by atoms with E-state index in [1.165, 1.54) is 25.7 Å². The normalized spacial score (nSPS) is 29.0. The molecule has 1 N–H and O–H groups in total. The molecule has 1 heteroatoms. The van der Waals surface area contributed by atoms with Gasteiger partial charge in [0.25, 0.3) is 0 Å². The minimum Gasteiger partial charge on any atom is -0.320 e. The van der Waals surface area contributed by atoms with Gasteiger partial charge < -0.3 is 5.32 Å². The van der Waals surface area contributed by atoms with Crippen molar-refractivity contribution < 1.29 is 0 Å². The zero-order valence-corrected chi connectivity index (χ0v) is 9.19. The van der Waals surface area contributed by atoms with Gasteiger partial charge in [-0.25, -0.2) is 0 Å². The van der Waals surface area contributed by atoms with Crippen LogP contribution in [0, 0.1) is 11.8 Å². The molecule has 0 radical (unpaired) electrons. The van der Waals surface area contributed by atoms with Gasteiger partial charge in [-0.15, -0.1) is 0 Å². The van der Waals surface area contributed by atoms with Crippen molar-refractivity contribution in [2.45, 2.75) is 46.5 Å². The lowest BCUT2D eigenvalue weighted by Crippen LogP contribution is -2.08. The molecular formula is C11H25N. The molecule has 0 amide bonds. The van der Waals surface area contributed by atoms with Crippen LogP contribution in [0.15, 0.2) is 0 Å². The molecule has 1 aliphatic carbocycles. The van der Waals surface area contributed by atoms with E-state index in [-0.39, 0.29) is 0 Å². The van der Waals surface area contributed by atoms with E-state index in [1.54, 1.807) is 0 Å². The molecule has 0 heterocycles. The molecule has 0 atom stereocenters. The number of hydrogen-bond acceptors (Lipinski definition) is 1. The number of hydrogen-bond donors (Lipinski definition) is 1. The molecule has 0 aromatic carbocycles. The standard InChI is InChI=1S/C8H16.C3H9N/c1-7-3-5-8(2)6-4-7;1-3-4-2/h7-8H,3-6H2,1-2H3;4H,3H2,1-2H3. The maximum absolute atomic E-state index is 2.93. The molecule has 0 aromatic rings. The maximum Gasteiger partial charge on any atom is -0.00804 e. The van der Waals surface area contributed by atoms with Gasteiger partial charge >= 0.3 is 0 Å². The highest BCUT2D eigenvalue weighted by atomic mass is 14.8. The fourth-order valence-electron chi connectivity index (χ4n) is 1.43. The van der Waals surface area contributed by atoms with Gasteiger partial charge in [0.05, 0.1) is 0 Å². The largest absolute Gasteiger partial charge is 0.320 e. The Labute approximate surface area is 77.9 Å². The fourth-order valence-corrected chi connectivity index (χ4v) is 1.43. The van der Waals surface area contributed by atoms with Crippen molar-refractivity contribution in [2.75, 3.05) is 13.6 Å². The average Bonchev–Trinajstić information content (AvgIpc) is 2.11. The van der Waals surface area contributed by atoms with E-state index in [4.69, 9.17) is 0 Å². The van der Waals surface area contributed by atoms with E-state index < -0.39 is 0 Å². The molecule has 1 nitrogen and oxygen atoms in total. The van der Waals surface area contributed by atoms with E-state index in [1.807, 2.05) is 7.05 Å². The Balaban J connectivity index is 0.000000261. The van der Waals surface area contributed by atoms with Gasteiger partial charge in [-0.3, -0.25) is 0 Å². The summed E-state index contributed by atoms with van der Waals surface area (Å²) in [7, 11) is 1.93. The minimum absolute atomic E-state index is 1.02. The summed E-state index contributed by atoms with van der Waals surface area (Å²) in [5.74, 6) is 2.04. The van der Waals surface area contributed by atoms with E-state index in [9.17, 15) is 0 Å². The third kappa shape index (κ3) is 6.66. The van der Waals surface area contributed by atoms with Crippen molar-refractivity contribution in [2.24, 2.45) is 11.8 Å². The van der Waals surface area contributed by atoms with E-state index >= 15 is 0 Å². The highest BCUT2D eigenvalue weighted by molar-refractivity contribution is 4.65. The highest BCUT2D eigenvalue weighted by Crippen LogP contribution is 2.27. The molecule has 0 saturated heterocycles. The summed E-state index contributed by atoms with van der Waals surface area (Å²) in [4.78, 5) is 0. The summed E-state index contributed by atoms with van der Waals surface area (Å²) in [6, 6.07) is 0. The molecular weight excluding hydrogens is 146 g/mol. The first-order valence-electron chi connectivity index (χ1n) is 5.35. The second-order valence-electron chi connectivity index (χ2n) is 4.07. The first kappa shape index (κ1) is 12.0. The van der Waals surface area contributed by atoms with Gasteiger partial charge in [0.2, 0.25) is 0 Å². The molecule has 0 aliphatic heterocycles. The zero-order chi connectivity index (χ0) is 9.40. The Kier molecular flexibility index (Phi) is 7.58. The van der Waals surface area contributed by atoms with Crippen LogP contribution in [0.2, 0.25) is 0 Å². The summed E-state index contributed by atoms with van der Waals surface area (Å²) in [5, 5.41) is 2.93. The van der Waals surface area contributed by atoms with Crippen LogP contribution < -0.4 is 5.32 Å². The van der Waals surface area contributed by atoms with Gasteiger partial charge in [0, 0.05) is 0 Å². The van der Waals surface area contributed by atoms with Crippen LogP contribution in [0.3, 0.4) is 0 Å². The molecule has 0 bridgehead atoms. The summed E-state index contributed by atoms with van der Waals surface area (Å²) in [5.41, 5.74) is 0. The first-order valence-corrected chi connectivity index (χ1v) is 5.35. The summed E-state index contributed by atoms with van der Waals surface area (Å²) >= 11 is 0. The monoisotopic (exact) mass is 171 g/mol. The van der Waals surface area contributed by atoms with Crippen molar-refractivity contribution in [1.29, 1.82) is 0 Å². The quantitative estimate of drug-likeness (QED) is 0.639. The van der Waals surface area contributed by atoms with Crippen LogP contribution in [0.1, 0.15) is 46.5 Å². The molecule has 1 aliphatic rings. The minimum atomic E-state index is 1.02. The van der Waals surface area contributed by atoms with Gasteiger partial charge in [0.15, 0.2) is 0 Å².